The second-order valence-electron chi connectivity index (χ2n) is 2.07. The van der Waals surface area contributed by atoms with Crippen molar-refractivity contribution in [3.63, 3.8) is 0 Å². The Bertz CT molecular complexity index is 251. The Kier molecular flexibility index (Phi) is 1.25. The van der Waals surface area contributed by atoms with Crippen LogP contribution < -0.4 is 10.9 Å². The quantitative estimate of drug-likeness (QED) is 0.438. The molecule has 1 aromatic heterocycles. The molecule has 0 aromatic carbocycles. The van der Waals surface area contributed by atoms with Crippen LogP contribution in [0.3, 0.4) is 0 Å². The van der Waals surface area contributed by atoms with E-state index in [0.29, 0.717) is 0 Å². The molecule has 4 heteroatoms. The van der Waals surface area contributed by atoms with Gasteiger partial charge in [0.15, 0.2) is 0 Å². The molecule has 0 saturated carbocycles. The van der Waals surface area contributed by atoms with Crippen molar-refractivity contribution in [2.45, 2.75) is 5.50 Å². The van der Waals surface area contributed by atoms with E-state index in [1.807, 2.05) is 12.1 Å². The summed E-state index contributed by atoms with van der Waals surface area (Å²) in [5.41, 5.74) is 7.37. The summed E-state index contributed by atoms with van der Waals surface area (Å²) >= 11 is 5.81. The second-order valence-corrected chi connectivity index (χ2v) is 2.50. The summed E-state index contributed by atoms with van der Waals surface area (Å²) in [4.78, 5) is 4.08. The standard InChI is InChI=1S/C6H6ClN3/c7-6-5-4(9-10-6)2-1-3-8-5/h1-3,6,9-10H. The number of aromatic nitrogens is 1. The van der Waals surface area contributed by atoms with E-state index in [1.165, 1.54) is 0 Å². The van der Waals surface area contributed by atoms with E-state index in [4.69, 9.17) is 11.6 Å². The van der Waals surface area contributed by atoms with Crippen molar-refractivity contribution in [1.82, 2.24) is 10.4 Å². The van der Waals surface area contributed by atoms with Gasteiger partial charge in [0.05, 0.1) is 11.4 Å². The van der Waals surface area contributed by atoms with Gasteiger partial charge in [0.2, 0.25) is 0 Å². The number of nitrogens with one attached hydrogen (secondary N) is 2. The predicted molar refractivity (Wildman–Crippen MR) is 39.6 cm³/mol. The molecule has 0 radical (unpaired) electrons. The minimum Gasteiger partial charge on any atom is -0.318 e. The third kappa shape index (κ3) is 0.751. The molecule has 10 heavy (non-hydrogen) atoms. The summed E-state index contributed by atoms with van der Waals surface area (Å²) in [7, 11) is 0. The number of rotatable bonds is 0. The Morgan fingerprint density at radius 3 is 3.30 bits per heavy atom. The lowest BCUT2D eigenvalue weighted by Crippen LogP contribution is -2.14. The number of hydrogen-bond acceptors (Lipinski definition) is 3. The third-order valence-electron chi connectivity index (χ3n) is 1.41. The van der Waals surface area contributed by atoms with Crippen molar-refractivity contribution < 1.29 is 0 Å². The van der Waals surface area contributed by atoms with E-state index in [1.54, 1.807) is 6.20 Å². The second kappa shape index (κ2) is 2.11. The van der Waals surface area contributed by atoms with Crippen molar-refractivity contribution in [1.29, 1.82) is 0 Å². The highest BCUT2D eigenvalue weighted by atomic mass is 35.5. The molecule has 2 rings (SSSR count). The number of pyridine rings is 1. The maximum atomic E-state index is 5.81. The Morgan fingerprint density at radius 2 is 2.50 bits per heavy atom. The number of hydrazine groups is 1. The van der Waals surface area contributed by atoms with Gasteiger partial charge in [-0.1, -0.05) is 11.6 Å². The van der Waals surface area contributed by atoms with Gasteiger partial charge in [-0.15, -0.1) is 0 Å². The highest BCUT2D eigenvalue weighted by molar-refractivity contribution is 6.21. The van der Waals surface area contributed by atoms with Gasteiger partial charge >= 0.3 is 0 Å². The van der Waals surface area contributed by atoms with Crippen molar-refractivity contribution in [3.05, 3.63) is 24.0 Å². The van der Waals surface area contributed by atoms with Gasteiger partial charge in [0.25, 0.3) is 0 Å². The molecule has 1 aliphatic rings. The van der Waals surface area contributed by atoms with Crippen molar-refractivity contribution in [2.24, 2.45) is 0 Å². The third-order valence-corrected chi connectivity index (χ3v) is 1.73. The van der Waals surface area contributed by atoms with Crippen LogP contribution in [0.15, 0.2) is 18.3 Å². The van der Waals surface area contributed by atoms with Gasteiger partial charge in [-0.3, -0.25) is 4.98 Å². The van der Waals surface area contributed by atoms with Crippen LogP contribution >= 0.6 is 11.6 Å². The highest BCUT2D eigenvalue weighted by Crippen LogP contribution is 2.27. The first-order valence-corrected chi connectivity index (χ1v) is 3.42. The van der Waals surface area contributed by atoms with Gasteiger partial charge in [0, 0.05) is 6.20 Å². The fourth-order valence-electron chi connectivity index (χ4n) is 0.935. The molecule has 0 bridgehead atoms. The number of halogens is 1. The van der Waals surface area contributed by atoms with E-state index < -0.39 is 0 Å². The number of alkyl halides is 1. The molecule has 1 aromatic rings. The van der Waals surface area contributed by atoms with Gasteiger partial charge in [0.1, 0.15) is 5.50 Å². The summed E-state index contributed by atoms with van der Waals surface area (Å²) in [5, 5.41) is 0. The largest absolute Gasteiger partial charge is 0.318 e. The molecule has 3 nitrogen and oxygen atoms in total. The van der Waals surface area contributed by atoms with Crippen LogP contribution in [-0.4, -0.2) is 4.98 Å². The number of hydrogen-bond donors (Lipinski definition) is 2. The van der Waals surface area contributed by atoms with Crippen molar-refractivity contribution >= 4 is 17.3 Å². The van der Waals surface area contributed by atoms with Crippen LogP contribution in [-0.2, 0) is 0 Å². The number of anilines is 1. The molecule has 0 aliphatic carbocycles. The smallest absolute Gasteiger partial charge is 0.144 e. The van der Waals surface area contributed by atoms with Crippen LogP contribution in [0.5, 0.6) is 0 Å². The SMILES string of the molecule is ClC1NNc2cccnc21. The topological polar surface area (TPSA) is 37.0 Å². The Hall–Kier alpha value is -0.800. The normalized spacial score (nSPS) is 21.9. The van der Waals surface area contributed by atoms with E-state index in [0.717, 1.165) is 11.4 Å². The van der Waals surface area contributed by atoms with Gasteiger partial charge < -0.3 is 5.43 Å². The molecule has 1 atom stereocenters. The summed E-state index contributed by atoms with van der Waals surface area (Å²) in [6, 6.07) is 3.79. The van der Waals surface area contributed by atoms with Gasteiger partial charge in [-0.2, -0.15) is 0 Å². The van der Waals surface area contributed by atoms with Gasteiger partial charge in [-0.25, -0.2) is 5.43 Å². The average molecular weight is 156 g/mol. The van der Waals surface area contributed by atoms with Crippen molar-refractivity contribution in [2.75, 3.05) is 5.43 Å². The summed E-state index contributed by atoms with van der Waals surface area (Å²) in [6.45, 7) is 0. The summed E-state index contributed by atoms with van der Waals surface area (Å²) in [5.74, 6) is 0. The highest BCUT2D eigenvalue weighted by Gasteiger charge is 2.19. The van der Waals surface area contributed by atoms with Gasteiger partial charge in [-0.05, 0) is 12.1 Å². The minimum absolute atomic E-state index is 0.198. The maximum absolute atomic E-state index is 5.81. The maximum Gasteiger partial charge on any atom is 0.144 e. The first-order valence-electron chi connectivity index (χ1n) is 2.98. The van der Waals surface area contributed by atoms with Crippen LogP contribution in [0.1, 0.15) is 11.2 Å². The lowest BCUT2D eigenvalue weighted by molar-refractivity contribution is 0.806. The lowest BCUT2D eigenvalue weighted by Gasteiger charge is -1.95. The zero-order valence-corrected chi connectivity index (χ0v) is 5.89. The molecule has 52 valence electrons. The zero-order chi connectivity index (χ0) is 6.97. The molecule has 2 heterocycles. The Morgan fingerprint density at radius 1 is 1.60 bits per heavy atom. The van der Waals surface area contributed by atoms with Crippen LogP contribution in [0.4, 0.5) is 5.69 Å². The minimum atomic E-state index is -0.198. The first kappa shape index (κ1) is 5.95. The van der Waals surface area contributed by atoms with Crippen LogP contribution in [0.25, 0.3) is 0 Å². The fourth-order valence-corrected chi connectivity index (χ4v) is 1.16. The molecule has 0 spiro atoms. The molecular formula is C6H6ClN3. The molecular weight excluding hydrogens is 150 g/mol. The van der Waals surface area contributed by atoms with E-state index in [-0.39, 0.29) is 5.50 Å². The number of nitrogens with zero attached hydrogens (tertiary/aromatic N) is 1. The molecule has 1 unspecified atom stereocenters. The molecule has 2 N–H and O–H groups in total. The molecule has 0 amide bonds. The zero-order valence-electron chi connectivity index (χ0n) is 5.13. The molecule has 0 fully saturated rings. The number of fused-ring (bicyclic) bond motifs is 1. The molecule has 0 saturated heterocycles. The van der Waals surface area contributed by atoms with Crippen LogP contribution in [0.2, 0.25) is 0 Å². The predicted octanol–water partition coefficient (Wildman–Crippen LogP) is 1.25. The fraction of sp³-hybridized carbons (Fsp3) is 0.167. The lowest BCUT2D eigenvalue weighted by atomic mass is 10.3. The average Bonchev–Trinajstić information content (AvgIpc) is 2.34. The Balaban J connectivity index is 2.51. The van der Waals surface area contributed by atoms with E-state index in [9.17, 15) is 0 Å². The van der Waals surface area contributed by atoms with E-state index >= 15 is 0 Å². The van der Waals surface area contributed by atoms with Crippen molar-refractivity contribution in [3.8, 4) is 0 Å². The summed E-state index contributed by atoms with van der Waals surface area (Å²) in [6.07, 6.45) is 1.73. The summed E-state index contributed by atoms with van der Waals surface area (Å²) < 4.78 is 0. The van der Waals surface area contributed by atoms with Crippen LogP contribution in [0, 0.1) is 0 Å². The monoisotopic (exact) mass is 155 g/mol. The van der Waals surface area contributed by atoms with E-state index in [2.05, 4.69) is 15.8 Å². The first-order chi connectivity index (χ1) is 4.88. The molecule has 1 aliphatic heterocycles. The Labute approximate surface area is 63.4 Å².